The zero-order valence-corrected chi connectivity index (χ0v) is 17.3. The third-order valence-corrected chi connectivity index (χ3v) is 5.17. The average molecular weight is 459 g/mol. The number of nitrogens with two attached hydrogens (primary N) is 1. The zero-order valence-electron chi connectivity index (χ0n) is 17.3. The van der Waals surface area contributed by atoms with E-state index in [0.717, 1.165) is 12.1 Å². The predicted octanol–water partition coefficient (Wildman–Crippen LogP) is 3.33. The number of amides is 1. The monoisotopic (exact) mass is 459 g/mol. The molecule has 2 aromatic heterocycles. The van der Waals surface area contributed by atoms with Crippen molar-refractivity contribution >= 4 is 28.9 Å². The van der Waals surface area contributed by atoms with Crippen LogP contribution in [0.4, 0.5) is 30.4 Å². The Morgan fingerprint density at radius 2 is 1.88 bits per heavy atom. The van der Waals surface area contributed by atoms with Crippen molar-refractivity contribution in [3.05, 3.63) is 71.2 Å². The van der Waals surface area contributed by atoms with Crippen LogP contribution in [-0.4, -0.2) is 48.0 Å². The number of anilines is 3. The first kappa shape index (κ1) is 22.3. The number of morpholine rings is 1. The van der Waals surface area contributed by atoms with Crippen molar-refractivity contribution in [2.24, 2.45) is 0 Å². The Balaban J connectivity index is 1.53. The van der Waals surface area contributed by atoms with Crippen LogP contribution in [0.5, 0.6) is 0 Å². The Labute approximate surface area is 186 Å². The van der Waals surface area contributed by atoms with Gasteiger partial charge in [-0.15, -0.1) is 0 Å². The summed E-state index contributed by atoms with van der Waals surface area (Å²) < 4.78 is 45.1. The van der Waals surface area contributed by atoms with Gasteiger partial charge in [-0.1, -0.05) is 18.2 Å². The van der Waals surface area contributed by atoms with Gasteiger partial charge >= 0.3 is 6.18 Å². The molecule has 33 heavy (non-hydrogen) atoms. The summed E-state index contributed by atoms with van der Waals surface area (Å²) in [7, 11) is 0. The number of nitrogens with one attached hydrogen (secondary N) is 2. The van der Waals surface area contributed by atoms with Crippen molar-refractivity contribution in [3.8, 4) is 0 Å². The van der Waals surface area contributed by atoms with E-state index in [-0.39, 0.29) is 16.9 Å². The van der Waals surface area contributed by atoms with E-state index < -0.39 is 29.0 Å². The van der Waals surface area contributed by atoms with E-state index in [0.29, 0.717) is 37.8 Å². The SMILES string of the molecule is Nc1cnc(N2CCOCC2)cc1NC(=O)c1cc(C(=O)c2ccccc2C(F)(F)F)c[nH]1. The van der Waals surface area contributed by atoms with Gasteiger partial charge in [0.25, 0.3) is 5.91 Å². The second kappa shape index (κ2) is 8.94. The molecule has 4 rings (SSSR count). The first-order valence-electron chi connectivity index (χ1n) is 10.0. The van der Waals surface area contributed by atoms with Gasteiger partial charge in [0.1, 0.15) is 11.5 Å². The number of hydrogen-bond acceptors (Lipinski definition) is 6. The Hall–Kier alpha value is -3.86. The van der Waals surface area contributed by atoms with Crippen LogP contribution in [0.3, 0.4) is 0 Å². The Bertz CT molecular complexity index is 1190. The molecule has 0 bridgehead atoms. The number of alkyl halides is 3. The molecule has 1 amide bonds. The minimum Gasteiger partial charge on any atom is -0.396 e. The van der Waals surface area contributed by atoms with Gasteiger partial charge in [-0.05, 0) is 12.1 Å². The summed E-state index contributed by atoms with van der Waals surface area (Å²) >= 11 is 0. The molecule has 11 heteroatoms. The lowest BCUT2D eigenvalue weighted by atomic mass is 9.99. The molecule has 4 N–H and O–H groups in total. The number of pyridine rings is 1. The summed E-state index contributed by atoms with van der Waals surface area (Å²) in [6, 6.07) is 7.33. The zero-order chi connectivity index (χ0) is 23.6. The highest BCUT2D eigenvalue weighted by atomic mass is 19.4. The quantitative estimate of drug-likeness (QED) is 0.505. The van der Waals surface area contributed by atoms with Gasteiger partial charge in [0.05, 0.1) is 36.3 Å². The second-order valence-electron chi connectivity index (χ2n) is 7.36. The lowest BCUT2D eigenvalue weighted by molar-refractivity contribution is -0.137. The molecule has 1 aliphatic rings. The first-order valence-corrected chi connectivity index (χ1v) is 10.0. The highest BCUT2D eigenvalue weighted by molar-refractivity contribution is 6.12. The van der Waals surface area contributed by atoms with E-state index in [2.05, 4.69) is 15.3 Å². The third kappa shape index (κ3) is 4.82. The number of H-pyrrole nitrogens is 1. The molecule has 0 saturated carbocycles. The number of rotatable bonds is 5. The average Bonchev–Trinajstić information content (AvgIpc) is 3.30. The van der Waals surface area contributed by atoms with E-state index in [1.54, 1.807) is 6.07 Å². The molecule has 3 heterocycles. The molecule has 1 aliphatic heterocycles. The molecular formula is C22H20F3N5O3. The Kier molecular flexibility index (Phi) is 6.05. The van der Waals surface area contributed by atoms with E-state index in [1.165, 1.54) is 30.6 Å². The summed E-state index contributed by atoms with van der Waals surface area (Å²) in [5.41, 5.74) is 4.88. The van der Waals surface area contributed by atoms with Crippen LogP contribution in [0.15, 0.2) is 48.8 Å². The van der Waals surface area contributed by atoms with E-state index in [1.807, 2.05) is 4.90 Å². The number of halogens is 3. The number of carbonyl (C=O) groups excluding carboxylic acids is 2. The number of aromatic amines is 1. The van der Waals surface area contributed by atoms with Crippen LogP contribution in [0, 0.1) is 0 Å². The number of nitrogens with zero attached hydrogens (tertiary/aromatic N) is 2. The van der Waals surface area contributed by atoms with Gasteiger partial charge in [0.15, 0.2) is 5.78 Å². The molecule has 0 radical (unpaired) electrons. The third-order valence-electron chi connectivity index (χ3n) is 5.17. The fourth-order valence-electron chi connectivity index (χ4n) is 3.46. The largest absolute Gasteiger partial charge is 0.417 e. The summed E-state index contributed by atoms with van der Waals surface area (Å²) in [5, 5.41) is 2.65. The van der Waals surface area contributed by atoms with Crippen molar-refractivity contribution < 1.29 is 27.5 Å². The van der Waals surface area contributed by atoms with Crippen LogP contribution in [0.25, 0.3) is 0 Å². The first-order chi connectivity index (χ1) is 15.7. The Morgan fingerprint density at radius 3 is 2.61 bits per heavy atom. The highest BCUT2D eigenvalue weighted by Crippen LogP contribution is 2.33. The van der Waals surface area contributed by atoms with Gasteiger partial charge in [-0.3, -0.25) is 9.59 Å². The van der Waals surface area contributed by atoms with E-state index in [4.69, 9.17) is 10.5 Å². The van der Waals surface area contributed by atoms with Gasteiger partial charge in [0.2, 0.25) is 0 Å². The van der Waals surface area contributed by atoms with Crippen LogP contribution in [-0.2, 0) is 10.9 Å². The fourth-order valence-corrected chi connectivity index (χ4v) is 3.46. The summed E-state index contributed by atoms with van der Waals surface area (Å²) in [4.78, 5) is 34.3. The number of aromatic nitrogens is 2. The number of benzene rings is 1. The van der Waals surface area contributed by atoms with Crippen LogP contribution in [0.1, 0.15) is 32.0 Å². The van der Waals surface area contributed by atoms with E-state index in [9.17, 15) is 22.8 Å². The minimum atomic E-state index is -4.68. The van der Waals surface area contributed by atoms with Crippen LogP contribution in [0.2, 0.25) is 0 Å². The minimum absolute atomic E-state index is 0.00743. The summed E-state index contributed by atoms with van der Waals surface area (Å²) in [5.74, 6) is -0.839. The summed E-state index contributed by atoms with van der Waals surface area (Å²) in [6.07, 6.45) is -2.06. The van der Waals surface area contributed by atoms with Gasteiger partial charge in [-0.2, -0.15) is 13.2 Å². The molecule has 3 aromatic rings. The maximum Gasteiger partial charge on any atom is 0.417 e. The van der Waals surface area contributed by atoms with Crippen molar-refractivity contribution in [1.29, 1.82) is 0 Å². The van der Waals surface area contributed by atoms with Crippen molar-refractivity contribution in [1.82, 2.24) is 9.97 Å². The van der Waals surface area contributed by atoms with Crippen molar-refractivity contribution in [2.75, 3.05) is 42.3 Å². The lowest BCUT2D eigenvalue weighted by Gasteiger charge is -2.28. The van der Waals surface area contributed by atoms with Crippen LogP contribution < -0.4 is 16.0 Å². The van der Waals surface area contributed by atoms with Crippen molar-refractivity contribution in [3.63, 3.8) is 0 Å². The molecule has 0 aliphatic carbocycles. The highest BCUT2D eigenvalue weighted by Gasteiger charge is 2.35. The number of hydrogen-bond donors (Lipinski definition) is 3. The standard InChI is InChI=1S/C22H20F3N5O3/c23-22(24,25)15-4-2-1-3-14(15)20(31)13-9-18(27-11-13)21(32)29-17-10-19(28-12-16(17)26)30-5-7-33-8-6-30/h1-4,9-12,27H,5-8,26H2,(H,28,29,32). The van der Waals surface area contributed by atoms with Gasteiger partial charge < -0.3 is 25.7 Å². The number of ether oxygens (including phenoxy) is 1. The van der Waals surface area contributed by atoms with Crippen molar-refractivity contribution in [2.45, 2.75) is 6.18 Å². The maximum absolute atomic E-state index is 13.3. The van der Waals surface area contributed by atoms with Gasteiger partial charge in [-0.25, -0.2) is 4.98 Å². The normalized spacial score (nSPS) is 14.2. The smallest absolute Gasteiger partial charge is 0.396 e. The van der Waals surface area contributed by atoms with Gasteiger partial charge in [0, 0.05) is 36.5 Å². The van der Waals surface area contributed by atoms with Crippen LogP contribution >= 0.6 is 0 Å². The Morgan fingerprint density at radius 1 is 1.15 bits per heavy atom. The molecule has 1 aromatic carbocycles. The molecule has 0 unspecified atom stereocenters. The summed E-state index contributed by atoms with van der Waals surface area (Å²) in [6.45, 7) is 2.41. The van der Waals surface area contributed by atoms with E-state index >= 15 is 0 Å². The molecular weight excluding hydrogens is 439 g/mol. The number of nitrogen functional groups attached to an aromatic ring is 1. The predicted molar refractivity (Wildman–Crippen MR) is 115 cm³/mol. The molecule has 1 fully saturated rings. The molecule has 0 spiro atoms. The number of ketones is 1. The molecule has 8 nitrogen and oxygen atoms in total. The lowest BCUT2D eigenvalue weighted by Crippen LogP contribution is -2.36. The molecule has 0 atom stereocenters. The topological polar surface area (TPSA) is 113 Å². The molecule has 172 valence electrons. The number of carbonyl (C=O) groups is 2. The second-order valence-corrected chi connectivity index (χ2v) is 7.36. The fraction of sp³-hybridized carbons (Fsp3) is 0.227. The maximum atomic E-state index is 13.3. The molecule has 1 saturated heterocycles.